The van der Waals surface area contributed by atoms with Crippen LogP contribution in [0.5, 0.6) is 5.75 Å². The van der Waals surface area contributed by atoms with Gasteiger partial charge in [0.15, 0.2) is 5.72 Å². The van der Waals surface area contributed by atoms with Crippen molar-refractivity contribution in [1.29, 1.82) is 0 Å². The van der Waals surface area contributed by atoms with Gasteiger partial charge in [-0.2, -0.15) is 0 Å². The highest BCUT2D eigenvalue weighted by molar-refractivity contribution is 5.98. The Balaban J connectivity index is 1.30. The van der Waals surface area contributed by atoms with Crippen molar-refractivity contribution >= 4 is 17.7 Å². The molecule has 3 aliphatic carbocycles. The number of hydrogen-bond acceptors (Lipinski definition) is 4. The predicted molar refractivity (Wildman–Crippen MR) is 119 cm³/mol. The highest BCUT2D eigenvalue weighted by atomic mass is 16.5. The lowest BCUT2D eigenvalue weighted by molar-refractivity contribution is -0.168. The molecule has 6 rings (SSSR count). The lowest BCUT2D eigenvalue weighted by Crippen LogP contribution is -2.69. The number of nitrogens with zero attached hydrogens (tertiary/aromatic N) is 1. The molecule has 2 aliphatic heterocycles. The van der Waals surface area contributed by atoms with Crippen molar-refractivity contribution in [3.8, 4) is 5.75 Å². The first-order valence-electron chi connectivity index (χ1n) is 12.0. The molecule has 0 radical (unpaired) electrons. The zero-order valence-electron chi connectivity index (χ0n) is 19.0. The van der Waals surface area contributed by atoms with Crippen molar-refractivity contribution < 1.29 is 19.1 Å². The Morgan fingerprint density at radius 1 is 1.22 bits per heavy atom. The lowest BCUT2D eigenvalue weighted by atomic mass is 9.52. The summed E-state index contributed by atoms with van der Waals surface area (Å²) < 4.78 is 6.43. The number of carbonyl (C=O) groups is 3. The summed E-state index contributed by atoms with van der Waals surface area (Å²) in [7, 11) is 0. The molecule has 1 saturated heterocycles. The standard InChI is InChI=1S/C25H33N3O4/c1-16(23(31)28-12-6-3-7-13-28)26-22(30)19-14-17-10-11-24(19,2)15-25(17)27-21(29)18-8-4-5-9-20(18)32-25/h4-5,8-9,16-17,19H,3,6-7,10-15H2,1-2H3,(H,26,30)(H,27,29)/t16-,17+,19-,24-,25+/m0/s1. The highest BCUT2D eigenvalue weighted by Gasteiger charge is 2.62. The number of carbonyl (C=O) groups excluding carboxylic acids is 3. The first-order chi connectivity index (χ1) is 15.3. The van der Waals surface area contributed by atoms with E-state index in [4.69, 9.17) is 4.74 Å². The van der Waals surface area contributed by atoms with Gasteiger partial charge in [0.25, 0.3) is 5.91 Å². The molecule has 0 unspecified atom stereocenters. The molecule has 32 heavy (non-hydrogen) atoms. The summed E-state index contributed by atoms with van der Waals surface area (Å²) in [6.45, 7) is 5.48. The third-order valence-electron chi connectivity index (χ3n) is 8.21. The van der Waals surface area contributed by atoms with Gasteiger partial charge in [-0.05, 0) is 63.0 Å². The molecular formula is C25H33N3O4. The van der Waals surface area contributed by atoms with Crippen LogP contribution in [0.3, 0.4) is 0 Å². The van der Waals surface area contributed by atoms with Crippen LogP contribution in [-0.4, -0.2) is 47.5 Å². The topological polar surface area (TPSA) is 87.7 Å². The van der Waals surface area contributed by atoms with Gasteiger partial charge in [0.05, 0.1) is 5.56 Å². The SMILES string of the molecule is C[C@H](NC(=O)[C@@H]1C[C@H]2CC[C@@]1(C)C[C@]21NC(=O)c2ccccc2O1)C(=O)N1CCCCC1. The Morgan fingerprint density at radius 3 is 2.72 bits per heavy atom. The number of likely N-dealkylation sites (tertiary alicyclic amines) is 1. The molecule has 3 amide bonds. The fraction of sp³-hybridized carbons (Fsp3) is 0.640. The van der Waals surface area contributed by atoms with Crippen molar-refractivity contribution in [1.82, 2.24) is 15.5 Å². The molecule has 1 aromatic carbocycles. The Morgan fingerprint density at radius 2 is 1.97 bits per heavy atom. The fourth-order valence-electron chi connectivity index (χ4n) is 6.42. The zero-order valence-corrected chi connectivity index (χ0v) is 19.0. The van der Waals surface area contributed by atoms with Crippen molar-refractivity contribution in [2.45, 2.75) is 70.6 Å². The number of benzene rings is 1. The van der Waals surface area contributed by atoms with Crippen LogP contribution in [0.15, 0.2) is 24.3 Å². The molecule has 2 heterocycles. The van der Waals surface area contributed by atoms with Crippen LogP contribution in [0.4, 0.5) is 0 Å². The van der Waals surface area contributed by atoms with Crippen LogP contribution < -0.4 is 15.4 Å². The molecule has 0 aromatic heterocycles. The van der Waals surface area contributed by atoms with Gasteiger partial charge in [-0.25, -0.2) is 0 Å². The van der Waals surface area contributed by atoms with Gasteiger partial charge in [0.1, 0.15) is 11.8 Å². The molecule has 5 aliphatic rings. The Kier molecular flexibility index (Phi) is 5.18. The van der Waals surface area contributed by atoms with E-state index in [2.05, 4.69) is 17.6 Å². The fourth-order valence-corrected chi connectivity index (χ4v) is 6.42. The second kappa shape index (κ2) is 7.78. The van der Waals surface area contributed by atoms with Crippen molar-refractivity contribution in [3.63, 3.8) is 0 Å². The van der Waals surface area contributed by atoms with Gasteiger partial charge in [0.2, 0.25) is 11.8 Å². The predicted octanol–water partition coefficient (Wildman–Crippen LogP) is 2.85. The minimum absolute atomic E-state index is 0.0140. The van der Waals surface area contributed by atoms with Crippen LogP contribution in [0, 0.1) is 17.3 Å². The van der Waals surface area contributed by atoms with E-state index in [0.29, 0.717) is 24.2 Å². The van der Waals surface area contributed by atoms with Gasteiger partial charge >= 0.3 is 0 Å². The molecule has 1 spiro atoms. The smallest absolute Gasteiger partial charge is 0.258 e. The third kappa shape index (κ3) is 3.46. The maximum absolute atomic E-state index is 13.3. The first kappa shape index (κ1) is 21.3. The van der Waals surface area contributed by atoms with E-state index in [1.165, 1.54) is 0 Å². The molecule has 7 nitrogen and oxygen atoms in total. The molecule has 172 valence electrons. The van der Waals surface area contributed by atoms with Crippen LogP contribution >= 0.6 is 0 Å². The monoisotopic (exact) mass is 439 g/mol. The van der Waals surface area contributed by atoms with E-state index in [0.717, 1.165) is 45.2 Å². The number of amides is 3. The maximum Gasteiger partial charge on any atom is 0.258 e. The zero-order chi connectivity index (χ0) is 22.5. The molecule has 3 saturated carbocycles. The van der Waals surface area contributed by atoms with Crippen molar-refractivity contribution in [3.05, 3.63) is 29.8 Å². The first-order valence-corrected chi connectivity index (χ1v) is 12.0. The van der Waals surface area contributed by atoms with Gasteiger partial charge in [-0.15, -0.1) is 0 Å². The molecule has 7 heteroatoms. The molecule has 2 bridgehead atoms. The minimum Gasteiger partial charge on any atom is -0.467 e. The summed E-state index contributed by atoms with van der Waals surface area (Å²) in [6, 6.07) is 6.82. The average molecular weight is 440 g/mol. The lowest BCUT2D eigenvalue weighted by Gasteiger charge is -2.59. The Labute approximate surface area is 189 Å². The maximum atomic E-state index is 13.3. The number of hydrogen-bond donors (Lipinski definition) is 2. The van der Waals surface area contributed by atoms with E-state index in [1.54, 1.807) is 13.0 Å². The van der Waals surface area contributed by atoms with Crippen molar-refractivity contribution in [2.75, 3.05) is 13.1 Å². The van der Waals surface area contributed by atoms with Crippen LogP contribution in [-0.2, 0) is 9.59 Å². The number of ether oxygens (including phenoxy) is 1. The summed E-state index contributed by atoms with van der Waals surface area (Å²) in [6.07, 6.45) is 6.29. The second-order valence-corrected chi connectivity index (χ2v) is 10.4. The third-order valence-corrected chi connectivity index (χ3v) is 8.21. The van der Waals surface area contributed by atoms with E-state index in [-0.39, 0.29) is 35.0 Å². The molecule has 5 atom stereocenters. The molecule has 2 N–H and O–H groups in total. The van der Waals surface area contributed by atoms with Crippen molar-refractivity contribution in [2.24, 2.45) is 17.3 Å². The van der Waals surface area contributed by atoms with E-state index in [1.807, 2.05) is 23.1 Å². The van der Waals surface area contributed by atoms with Crippen LogP contribution in [0.25, 0.3) is 0 Å². The largest absolute Gasteiger partial charge is 0.467 e. The summed E-state index contributed by atoms with van der Waals surface area (Å²) in [5.74, 6) is 0.345. The van der Waals surface area contributed by atoms with Crippen LogP contribution in [0.2, 0.25) is 0 Å². The normalized spacial score (nSPS) is 34.3. The number of piperidine rings is 1. The Hall–Kier alpha value is -2.57. The average Bonchev–Trinajstić information content (AvgIpc) is 2.78. The molecule has 4 fully saturated rings. The second-order valence-electron chi connectivity index (χ2n) is 10.4. The molecular weight excluding hydrogens is 406 g/mol. The van der Waals surface area contributed by atoms with E-state index >= 15 is 0 Å². The Bertz CT molecular complexity index is 943. The van der Waals surface area contributed by atoms with Crippen LogP contribution in [0.1, 0.15) is 69.2 Å². The van der Waals surface area contributed by atoms with E-state index < -0.39 is 11.8 Å². The quantitative estimate of drug-likeness (QED) is 0.758. The minimum atomic E-state index is -0.759. The van der Waals surface area contributed by atoms with Gasteiger partial charge in [0, 0.05) is 31.3 Å². The van der Waals surface area contributed by atoms with Gasteiger partial charge < -0.3 is 20.3 Å². The number of para-hydroxylation sites is 1. The molecule has 1 aromatic rings. The van der Waals surface area contributed by atoms with Gasteiger partial charge in [-0.3, -0.25) is 14.4 Å². The summed E-state index contributed by atoms with van der Waals surface area (Å²) in [5, 5.41) is 6.17. The summed E-state index contributed by atoms with van der Waals surface area (Å²) >= 11 is 0. The number of fused-ring (bicyclic) bond motifs is 3. The van der Waals surface area contributed by atoms with E-state index in [9.17, 15) is 14.4 Å². The summed E-state index contributed by atoms with van der Waals surface area (Å²) in [5.41, 5.74) is -0.499. The number of rotatable bonds is 3. The van der Waals surface area contributed by atoms with Gasteiger partial charge in [-0.1, -0.05) is 19.1 Å². The number of nitrogens with one attached hydrogen (secondary N) is 2. The highest BCUT2D eigenvalue weighted by Crippen LogP contribution is 2.58. The summed E-state index contributed by atoms with van der Waals surface area (Å²) in [4.78, 5) is 40.8.